The highest BCUT2D eigenvalue weighted by molar-refractivity contribution is 5.99. The van der Waals surface area contributed by atoms with E-state index in [0.717, 1.165) is 22.0 Å². The van der Waals surface area contributed by atoms with E-state index in [2.05, 4.69) is 10.5 Å². The molecule has 0 bridgehead atoms. The van der Waals surface area contributed by atoms with Crippen LogP contribution >= 0.6 is 0 Å². The Morgan fingerprint density at radius 1 is 1.00 bits per heavy atom. The number of aryl methyl sites for hydroxylation is 1. The molecule has 156 valence electrons. The fourth-order valence-corrected chi connectivity index (χ4v) is 3.35. The van der Waals surface area contributed by atoms with E-state index in [1.54, 1.807) is 13.3 Å². The van der Waals surface area contributed by atoms with Gasteiger partial charge < -0.3 is 14.0 Å². The van der Waals surface area contributed by atoms with Crippen molar-refractivity contribution in [2.24, 2.45) is 12.1 Å². The monoisotopic (exact) mass is 413 g/mol. The Hall–Kier alpha value is -4.06. The van der Waals surface area contributed by atoms with Gasteiger partial charge in [-0.3, -0.25) is 4.79 Å². The first-order chi connectivity index (χ1) is 15.2. The Bertz CT molecular complexity index is 1230. The van der Waals surface area contributed by atoms with E-state index in [1.165, 1.54) is 0 Å². The van der Waals surface area contributed by atoms with Crippen molar-refractivity contribution in [1.82, 2.24) is 9.99 Å². The summed E-state index contributed by atoms with van der Waals surface area (Å²) in [4.78, 5) is 12.5. The van der Waals surface area contributed by atoms with Crippen molar-refractivity contribution in [3.63, 3.8) is 0 Å². The quantitative estimate of drug-likeness (QED) is 0.358. The van der Waals surface area contributed by atoms with Crippen LogP contribution in [0.1, 0.15) is 21.6 Å². The summed E-state index contributed by atoms with van der Waals surface area (Å²) in [6.45, 7) is 0.450. The number of fused-ring (bicyclic) bond motifs is 1. The lowest BCUT2D eigenvalue weighted by Crippen LogP contribution is -2.20. The fraction of sp³-hybridized carbons (Fsp3) is 0.120. The largest absolute Gasteiger partial charge is 0.493 e. The molecule has 0 unspecified atom stereocenters. The third kappa shape index (κ3) is 4.59. The highest BCUT2D eigenvalue weighted by Gasteiger charge is 2.12. The van der Waals surface area contributed by atoms with Crippen LogP contribution in [-0.2, 0) is 13.7 Å². The normalized spacial score (nSPS) is 11.0. The van der Waals surface area contributed by atoms with Crippen molar-refractivity contribution in [3.05, 3.63) is 95.7 Å². The molecule has 0 radical (unpaired) electrons. The van der Waals surface area contributed by atoms with Crippen LogP contribution in [0.15, 0.2) is 84.0 Å². The minimum atomic E-state index is -0.273. The number of benzene rings is 3. The Morgan fingerprint density at radius 2 is 1.77 bits per heavy atom. The van der Waals surface area contributed by atoms with Gasteiger partial charge in [-0.2, -0.15) is 5.10 Å². The summed E-state index contributed by atoms with van der Waals surface area (Å²) in [7, 11) is 3.45. The maximum absolute atomic E-state index is 12.5. The van der Waals surface area contributed by atoms with E-state index in [-0.39, 0.29) is 5.91 Å². The number of carbonyl (C=O) groups is 1. The molecule has 0 fully saturated rings. The first-order valence-electron chi connectivity index (χ1n) is 9.88. The van der Waals surface area contributed by atoms with E-state index in [9.17, 15) is 4.79 Å². The number of nitrogens with one attached hydrogen (secondary N) is 1. The number of rotatable bonds is 7. The van der Waals surface area contributed by atoms with Gasteiger partial charge in [0, 0.05) is 18.0 Å². The maximum atomic E-state index is 12.5. The maximum Gasteiger partial charge on any atom is 0.287 e. The van der Waals surface area contributed by atoms with Crippen LogP contribution in [0.2, 0.25) is 0 Å². The summed E-state index contributed by atoms with van der Waals surface area (Å²) in [5, 5.41) is 5.10. The van der Waals surface area contributed by atoms with Gasteiger partial charge in [0.25, 0.3) is 5.91 Å². The third-order valence-electron chi connectivity index (χ3n) is 4.99. The predicted octanol–water partition coefficient (Wildman–Crippen LogP) is 4.53. The van der Waals surface area contributed by atoms with Crippen LogP contribution in [0.25, 0.3) is 10.9 Å². The number of aromatic nitrogens is 1. The Kier molecular flexibility index (Phi) is 5.98. The summed E-state index contributed by atoms with van der Waals surface area (Å²) in [5.74, 6) is 0.965. The zero-order valence-electron chi connectivity index (χ0n) is 17.4. The number of nitrogens with zero attached hydrogens (tertiary/aromatic N) is 2. The average molecular weight is 413 g/mol. The van der Waals surface area contributed by atoms with E-state index in [1.807, 2.05) is 90.5 Å². The molecule has 1 N–H and O–H groups in total. The van der Waals surface area contributed by atoms with Gasteiger partial charge in [-0.15, -0.1) is 0 Å². The highest BCUT2D eigenvalue weighted by Crippen LogP contribution is 2.28. The average Bonchev–Trinajstić information content (AvgIpc) is 3.15. The van der Waals surface area contributed by atoms with Gasteiger partial charge in [-0.05, 0) is 41.5 Å². The molecule has 0 saturated carbocycles. The first kappa shape index (κ1) is 20.2. The van der Waals surface area contributed by atoms with Gasteiger partial charge >= 0.3 is 0 Å². The van der Waals surface area contributed by atoms with Crippen molar-refractivity contribution in [2.75, 3.05) is 7.11 Å². The number of hydrazone groups is 1. The molecular weight excluding hydrogens is 390 g/mol. The van der Waals surface area contributed by atoms with Gasteiger partial charge in [-0.1, -0.05) is 48.5 Å². The number of amides is 1. The van der Waals surface area contributed by atoms with Crippen molar-refractivity contribution in [3.8, 4) is 11.5 Å². The predicted molar refractivity (Wildman–Crippen MR) is 122 cm³/mol. The van der Waals surface area contributed by atoms with Gasteiger partial charge in [-0.25, -0.2) is 5.43 Å². The number of methoxy groups -OCH3 is 1. The number of hydrogen-bond acceptors (Lipinski definition) is 4. The highest BCUT2D eigenvalue weighted by atomic mass is 16.5. The molecule has 1 amide bonds. The van der Waals surface area contributed by atoms with Crippen molar-refractivity contribution in [1.29, 1.82) is 0 Å². The molecule has 0 atom stereocenters. The van der Waals surface area contributed by atoms with E-state index >= 15 is 0 Å². The van der Waals surface area contributed by atoms with Crippen molar-refractivity contribution < 1.29 is 14.3 Å². The Balaban J connectivity index is 1.42. The van der Waals surface area contributed by atoms with E-state index in [4.69, 9.17) is 9.47 Å². The van der Waals surface area contributed by atoms with Crippen molar-refractivity contribution in [2.45, 2.75) is 6.61 Å². The second-order valence-corrected chi connectivity index (χ2v) is 7.03. The van der Waals surface area contributed by atoms with Crippen molar-refractivity contribution >= 4 is 23.0 Å². The molecule has 4 aromatic rings. The topological polar surface area (TPSA) is 64.8 Å². The summed E-state index contributed by atoms with van der Waals surface area (Å²) >= 11 is 0. The van der Waals surface area contributed by atoms with Crippen LogP contribution in [0, 0.1) is 0 Å². The summed E-state index contributed by atoms with van der Waals surface area (Å²) in [6, 6.07) is 25.1. The molecule has 1 heterocycles. The number of hydrogen-bond donors (Lipinski definition) is 1. The first-order valence-corrected chi connectivity index (χ1v) is 9.88. The molecule has 6 heteroatoms. The molecule has 6 nitrogen and oxygen atoms in total. The van der Waals surface area contributed by atoms with Gasteiger partial charge in [0.1, 0.15) is 12.3 Å². The number of ether oxygens (including phenoxy) is 2. The molecule has 31 heavy (non-hydrogen) atoms. The smallest absolute Gasteiger partial charge is 0.287 e. The standard InChI is InChI=1S/C25H23N3O3/c1-28-21-11-7-6-10-20(21)15-22(28)25(29)27-26-16-19-12-13-23(24(14-19)30-2)31-17-18-8-4-3-5-9-18/h3-16H,17H2,1-2H3,(H,27,29)/b26-16+. The number of para-hydroxylation sites is 1. The lowest BCUT2D eigenvalue weighted by Gasteiger charge is -2.11. The summed E-state index contributed by atoms with van der Waals surface area (Å²) in [5.41, 5.74) is 5.97. The lowest BCUT2D eigenvalue weighted by molar-refractivity contribution is 0.0947. The van der Waals surface area contributed by atoms with Crippen LogP contribution in [0.3, 0.4) is 0 Å². The molecule has 0 aliphatic heterocycles. The minimum absolute atomic E-state index is 0.273. The molecule has 0 aliphatic rings. The second kappa shape index (κ2) is 9.17. The zero-order valence-corrected chi connectivity index (χ0v) is 17.4. The summed E-state index contributed by atoms with van der Waals surface area (Å²) in [6.07, 6.45) is 1.57. The third-order valence-corrected chi connectivity index (χ3v) is 4.99. The minimum Gasteiger partial charge on any atom is -0.493 e. The molecule has 3 aromatic carbocycles. The van der Waals surface area contributed by atoms with Gasteiger partial charge in [0.15, 0.2) is 11.5 Å². The summed E-state index contributed by atoms with van der Waals surface area (Å²) < 4.78 is 13.2. The van der Waals surface area contributed by atoms with Crippen LogP contribution < -0.4 is 14.9 Å². The molecule has 0 saturated heterocycles. The lowest BCUT2D eigenvalue weighted by atomic mass is 10.2. The van der Waals surface area contributed by atoms with Crippen LogP contribution in [0.4, 0.5) is 0 Å². The second-order valence-electron chi connectivity index (χ2n) is 7.03. The van der Waals surface area contributed by atoms with E-state index in [0.29, 0.717) is 23.8 Å². The van der Waals surface area contributed by atoms with Crippen LogP contribution in [-0.4, -0.2) is 23.8 Å². The molecule has 0 aliphatic carbocycles. The SMILES string of the molecule is COc1cc(/C=N/NC(=O)c2cc3ccccc3n2C)ccc1OCc1ccccc1. The number of carbonyl (C=O) groups excluding carboxylic acids is 1. The molecule has 4 rings (SSSR count). The fourth-order valence-electron chi connectivity index (χ4n) is 3.35. The van der Waals surface area contributed by atoms with Gasteiger partial charge in [0.2, 0.25) is 0 Å². The molecule has 0 spiro atoms. The van der Waals surface area contributed by atoms with Gasteiger partial charge in [0.05, 0.1) is 13.3 Å². The van der Waals surface area contributed by atoms with Crippen LogP contribution in [0.5, 0.6) is 11.5 Å². The Labute approximate surface area is 180 Å². The molecular formula is C25H23N3O3. The Morgan fingerprint density at radius 3 is 2.55 bits per heavy atom. The molecule has 1 aromatic heterocycles. The zero-order chi connectivity index (χ0) is 21.6. The van der Waals surface area contributed by atoms with E-state index < -0.39 is 0 Å².